The van der Waals surface area contributed by atoms with Crippen LogP contribution in [0.25, 0.3) is 0 Å². The number of hydrogen-bond acceptors (Lipinski definition) is 2. The minimum atomic E-state index is 0.297. The second kappa shape index (κ2) is 6.17. The first kappa shape index (κ1) is 9.05. The molecule has 54 valence electrons. The molecule has 9 heavy (non-hydrogen) atoms. The predicted octanol–water partition coefficient (Wildman–Crippen LogP) is 1.68. The van der Waals surface area contributed by atoms with Gasteiger partial charge in [0.25, 0.3) is 0 Å². The second-order valence-electron chi connectivity index (χ2n) is 1.94. The van der Waals surface area contributed by atoms with Crippen molar-refractivity contribution in [2.75, 3.05) is 12.4 Å². The van der Waals surface area contributed by atoms with Crippen LogP contribution >= 0.6 is 11.8 Å². The van der Waals surface area contributed by atoms with E-state index in [0.717, 1.165) is 12.2 Å². The molecule has 0 heterocycles. The Bertz CT molecular complexity index is 73.3. The first-order valence-electron chi connectivity index (χ1n) is 3.14. The van der Waals surface area contributed by atoms with Gasteiger partial charge in [0.2, 0.25) is 0 Å². The predicted molar refractivity (Wildman–Crippen MR) is 43.8 cm³/mol. The van der Waals surface area contributed by atoms with E-state index in [4.69, 9.17) is 5.11 Å². The van der Waals surface area contributed by atoms with Crippen LogP contribution in [-0.2, 0) is 0 Å². The molecule has 2 heteroatoms. The van der Waals surface area contributed by atoms with Crippen molar-refractivity contribution in [1.82, 2.24) is 0 Å². The molecule has 0 aliphatic heterocycles. The largest absolute Gasteiger partial charge is 0.396 e. The molecule has 0 aromatic rings. The molecule has 0 aromatic heterocycles. The zero-order valence-electron chi connectivity index (χ0n) is 5.84. The van der Waals surface area contributed by atoms with Gasteiger partial charge in [0, 0.05) is 17.6 Å². The van der Waals surface area contributed by atoms with Gasteiger partial charge in [-0.3, -0.25) is 0 Å². The van der Waals surface area contributed by atoms with Crippen molar-refractivity contribution in [2.24, 2.45) is 0 Å². The fourth-order valence-electron chi connectivity index (χ4n) is 0.497. The zero-order valence-corrected chi connectivity index (χ0v) is 6.66. The molecule has 0 radical (unpaired) electrons. The van der Waals surface area contributed by atoms with Gasteiger partial charge in [0.05, 0.1) is 0 Å². The summed E-state index contributed by atoms with van der Waals surface area (Å²) < 4.78 is 0. The third-order valence-corrected chi connectivity index (χ3v) is 2.27. The van der Waals surface area contributed by atoms with Gasteiger partial charge in [-0.05, 0) is 6.42 Å². The van der Waals surface area contributed by atoms with Crippen LogP contribution in [0.2, 0.25) is 0 Å². The second-order valence-corrected chi connectivity index (χ2v) is 3.42. The van der Waals surface area contributed by atoms with Crippen LogP contribution < -0.4 is 0 Å². The molecule has 1 unspecified atom stereocenters. The topological polar surface area (TPSA) is 20.2 Å². The van der Waals surface area contributed by atoms with Crippen molar-refractivity contribution in [1.29, 1.82) is 0 Å². The normalized spacial score (nSPS) is 13.1. The smallest absolute Gasteiger partial charge is 0.0441 e. The highest BCUT2D eigenvalue weighted by Crippen LogP contribution is 2.12. The molecule has 1 atom stereocenters. The van der Waals surface area contributed by atoms with E-state index in [1.165, 1.54) is 0 Å². The fraction of sp³-hybridized carbons (Fsp3) is 0.714. The summed E-state index contributed by atoms with van der Waals surface area (Å²) in [5.74, 6) is 0.987. The summed E-state index contributed by atoms with van der Waals surface area (Å²) in [7, 11) is 0. The van der Waals surface area contributed by atoms with Crippen LogP contribution in [0.1, 0.15) is 13.3 Å². The molecule has 0 aliphatic carbocycles. The van der Waals surface area contributed by atoms with Gasteiger partial charge in [0.1, 0.15) is 0 Å². The summed E-state index contributed by atoms with van der Waals surface area (Å²) in [5, 5.41) is 9.06. The lowest BCUT2D eigenvalue weighted by Crippen LogP contribution is -1.99. The minimum absolute atomic E-state index is 0.297. The molecule has 0 aliphatic rings. The summed E-state index contributed by atoms with van der Waals surface area (Å²) >= 11 is 1.82. The quantitative estimate of drug-likeness (QED) is 0.595. The van der Waals surface area contributed by atoms with Crippen LogP contribution in [-0.4, -0.2) is 22.7 Å². The Labute approximate surface area is 61.2 Å². The van der Waals surface area contributed by atoms with Crippen LogP contribution in [0.15, 0.2) is 12.7 Å². The maximum atomic E-state index is 8.50. The average Bonchev–Trinajstić information content (AvgIpc) is 1.85. The Morgan fingerprint density at radius 3 is 2.89 bits per heavy atom. The van der Waals surface area contributed by atoms with Gasteiger partial charge in [-0.15, -0.1) is 6.58 Å². The van der Waals surface area contributed by atoms with E-state index < -0.39 is 0 Å². The summed E-state index contributed by atoms with van der Waals surface area (Å²) in [6, 6.07) is 0. The third-order valence-electron chi connectivity index (χ3n) is 1.03. The number of aliphatic hydroxyl groups excluding tert-OH is 1. The highest BCUT2D eigenvalue weighted by Gasteiger charge is 1.97. The Hall–Kier alpha value is 0.0500. The fourth-order valence-corrected chi connectivity index (χ4v) is 1.23. The van der Waals surface area contributed by atoms with Gasteiger partial charge in [-0.25, -0.2) is 0 Å². The van der Waals surface area contributed by atoms with Crippen molar-refractivity contribution in [3.05, 3.63) is 12.7 Å². The van der Waals surface area contributed by atoms with Crippen LogP contribution in [0, 0.1) is 0 Å². The molecule has 0 fully saturated rings. The third kappa shape index (κ3) is 5.93. The Morgan fingerprint density at radius 1 is 1.78 bits per heavy atom. The van der Waals surface area contributed by atoms with Crippen LogP contribution in [0.5, 0.6) is 0 Å². The maximum Gasteiger partial charge on any atom is 0.0441 e. The van der Waals surface area contributed by atoms with E-state index in [1.54, 1.807) is 0 Å². The van der Waals surface area contributed by atoms with E-state index in [1.807, 2.05) is 17.8 Å². The molecule has 0 aromatic carbocycles. The number of hydrogen-bond donors (Lipinski definition) is 1. The van der Waals surface area contributed by atoms with Gasteiger partial charge < -0.3 is 5.11 Å². The first-order chi connectivity index (χ1) is 4.31. The summed E-state index contributed by atoms with van der Waals surface area (Å²) in [6.45, 7) is 6.02. The molecule has 1 N–H and O–H groups in total. The van der Waals surface area contributed by atoms with Crippen molar-refractivity contribution >= 4 is 11.8 Å². The Balaban J connectivity index is 3.04. The first-order valence-corrected chi connectivity index (χ1v) is 4.19. The van der Waals surface area contributed by atoms with Crippen molar-refractivity contribution < 1.29 is 5.11 Å². The van der Waals surface area contributed by atoms with Gasteiger partial charge in [-0.1, -0.05) is 13.0 Å². The van der Waals surface area contributed by atoms with E-state index >= 15 is 0 Å². The Kier molecular flexibility index (Phi) is 6.21. The van der Waals surface area contributed by atoms with Crippen molar-refractivity contribution in [3.8, 4) is 0 Å². The lowest BCUT2D eigenvalue weighted by molar-refractivity contribution is 0.289. The van der Waals surface area contributed by atoms with Gasteiger partial charge in [0.15, 0.2) is 0 Å². The summed E-state index contributed by atoms with van der Waals surface area (Å²) in [4.78, 5) is 0. The molecule has 0 spiro atoms. The van der Waals surface area contributed by atoms with Crippen LogP contribution in [0.3, 0.4) is 0 Å². The lowest BCUT2D eigenvalue weighted by atomic mass is 10.3. The summed E-state index contributed by atoms with van der Waals surface area (Å²) in [6.07, 6.45) is 2.77. The molecular weight excluding hydrogens is 132 g/mol. The minimum Gasteiger partial charge on any atom is -0.396 e. The van der Waals surface area contributed by atoms with E-state index in [9.17, 15) is 0 Å². The molecule has 0 bridgehead atoms. The van der Waals surface area contributed by atoms with Crippen LogP contribution in [0.4, 0.5) is 0 Å². The van der Waals surface area contributed by atoms with Crippen molar-refractivity contribution in [3.63, 3.8) is 0 Å². The van der Waals surface area contributed by atoms with E-state index in [0.29, 0.717) is 11.9 Å². The summed E-state index contributed by atoms with van der Waals surface area (Å²) in [5.41, 5.74) is 0. The van der Waals surface area contributed by atoms with Crippen molar-refractivity contribution in [2.45, 2.75) is 18.6 Å². The molecular formula is C7H14OS. The molecule has 0 saturated heterocycles. The highest BCUT2D eigenvalue weighted by atomic mass is 32.2. The zero-order chi connectivity index (χ0) is 7.11. The van der Waals surface area contributed by atoms with Gasteiger partial charge >= 0.3 is 0 Å². The standard InChI is InChI=1S/C7H14OS/c1-3-6-9-7(2)4-5-8/h3,7-8H,1,4-6H2,2H3. The maximum absolute atomic E-state index is 8.50. The molecule has 0 rings (SSSR count). The number of aliphatic hydroxyl groups is 1. The highest BCUT2D eigenvalue weighted by molar-refractivity contribution is 8.00. The molecule has 1 nitrogen and oxygen atoms in total. The lowest BCUT2D eigenvalue weighted by Gasteiger charge is -2.05. The Morgan fingerprint density at radius 2 is 2.44 bits per heavy atom. The SMILES string of the molecule is C=CCSC(C)CCO. The molecule has 0 amide bonds. The average molecular weight is 146 g/mol. The van der Waals surface area contributed by atoms with Gasteiger partial charge in [-0.2, -0.15) is 11.8 Å². The number of thioether (sulfide) groups is 1. The molecule has 0 saturated carbocycles. The monoisotopic (exact) mass is 146 g/mol. The number of rotatable bonds is 5. The van der Waals surface area contributed by atoms with E-state index in [-0.39, 0.29) is 0 Å². The van der Waals surface area contributed by atoms with E-state index in [2.05, 4.69) is 13.5 Å².